The first-order valence-electron chi connectivity index (χ1n) is 11.6. The molecule has 8 heteroatoms. The van der Waals surface area contributed by atoms with E-state index in [2.05, 4.69) is 16.4 Å². The Balaban J connectivity index is 1.69. The topological polar surface area (TPSA) is 106 Å². The number of aliphatic hydroxyl groups is 1. The highest BCUT2D eigenvalue weighted by molar-refractivity contribution is 7.13. The van der Waals surface area contributed by atoms with E-state index in [-0.39, 0.29) is 29.2 Å². The van der Waals surface area contributed by atoms with Crippen molar-refractivity contribution < 1.29 is 14.7 Å². The van der Waals surface area contributed by atoms with Gasteiger partial charge in [0, 0.05) is 18.8 Å². The quantitative estimate of drug-likeness (QED) is 0.371. The standard InChI is InChI=1S/C26H34N4O3S/c1-15(2)23(22(31)12-17(4)27)26(33)30-10-6-7-21(30)25(32)28-13-20-9-8-19(11-16(20)3)24-18(5)29-14-34-24/h8-9,11-12,14-15,21,23,27,31H,6-7,10,13H2,1-5H3,(H,28,32)/b22-12-,27-17?/t21-,23?/m0/s1. The van der Waals surface area contributed by atoms with Gasteiger partial charge in [-0.05, 0) is 62.3 Å². The highest BCUT2D eigenvalue weighted by atomic mass is 32.1. The summed E-state index contributed by atoms with van der Waals surface area (Å²) >= 11 is 1.61. The maximum Gasteiger partial charge on any atom is 0.243 e. The number of thiazole rings is 1. The smallest absolute Gasteiger partial charge is 0.243 e. The zero-order chi connectivity index (χ0) is 25.0. The van der Waals surface area contributed by atoms with E-state index in [0.717, 1.165) is 33.7 Å². The van der Waals surface area contributed by atoms with Gasteiger partial charge >= 0.3 is 0 Å². The van der Waals surface area contributed by atoms with Crippen molar-refractivity contribution in [3.8, 4) is 10.4 Å². The van der Waals surface area contributed by atoms with Crippen LogP contribution in [0, 0.1) is 31.1 Å². The van der Waals surface area contributed by atoms with Gasteiger partial charge in [0.2, 0.25) is 11.8 Å². The van der Waals surface area contributed by atoms with Gasteiger partial charge in [0.1, 0.15) is 11.8 Å². The Morgan fingerprint density at radius 3 is 2.68 bits per heavy atom. The number of allylic oxidation sites excluding steroid dienone is 1. The Bertz CT molecular complexity index is 1110. The highest BCUT2D eigenvalue weighted by Crippen LogP contribution is 2.29. The number of aryl methyl sites for hydroxylation is 2. The Hall–Kier alpha value is -3.00. The molecule has 34 heavy (non-hydrogen) atoms. The summed E-state index contributed by atoms with van der Waals surface area (Å²) in [5.74, 6) is -1.48. The van der Waals surface area contributed by atoms with Crippen LogP contribution in [0.4, 0.5) is 0 Å². The van der Waals surface area contributed by atoms with Crippen LogP contribution in [-0.4, -0.2) is 45.1 Å². The summed E-state index contributed by atoms with van der Waals surface area (Å²) in [6, 6.07) is 5.63. The average Bonchev–Trinajstić information content (AvgIpc) is 3.41. The van der Waals surface area contributed by atoms with Gasteiger partial charge in [0.25, 0.3) is 0 Å². The average molecular weight is 483 g/mol. The number of aromatic nitrogens is 1. The zero-order valence-electron chi connectivity index (χ0n) is 20.5. The molecule has 0 radical (unpaired) electrons. The zero-order valence-corrected chi connectivity index (χ0v) is 21.3. The minimum Gasteiger partial charge on any atom is -0.511 e. The van der Waals surface area contributed by atoms with Crippen molar-refractivity contribution in [1.82, 2.24) is 15.2 Å². The molecule has 2 atom stereocenters. The van der Waals surface area contributed by atoms with Gasteiger partial charge in [-0.2, -0.15) is 0 Å². The number of likely N-dealkylation sites (tertiary alicyclic amines) is 1. The molecule has 1 unspecified atom stereocenters. The lowest BCUT2D eigenvalue weighted by Gasteiger charge is -2.29. The first-order valence-corrected chi connectivity index (χ1v) is 12.5. The van der Waals surface area contributed by atoms with E-state index in [1.54, 1.807) is 23.2 Å². The first-order chi connectivity index (χ1) is 16.1. The molecular weight excluding hydrogens is 448 g/mol. The van der Waals surface area contributed by atoms with Gasteiger partial charge in [0.05, 0.1) is 22.0 Å². The molecule has 1 aromatic carbocycles. The van der Waals surface area contributed by atoms with E-state index in [4.69, 9.17) is 5.41 Å². The van der Waals surface area contributed by atoms with Crippen LogP contribution in [0.5, 0.6) is 0 Å². The molecule has 1 aliphatic heterocycles. The van der Waals surface area contributed by atoms with Crippen molar-refractivity contribution >= 4 is 28.9 Å². The molecule has 3 rings (SSSR count). The lowest BCUT2D eigenvalue weighted by atomic mass is 9.91. The summed E-state index contributed by atoms with van der Waals surface area (Å²) in [6.07, 6.45) is 2.65. The predicted molar refractivity (Wildman–Crippen MR) is 136 cm³/mol. The van der Waals surface area contributed by atoms with Crippen LogP contribution in [0.25, 0.3) is 10.4 Å². The van der Waals surface area contributed by atoms with Gasteiger partial charge in [0.15, 0.2) is 0 Å². The Labute approximate surface area is 205 Å². The monoisotopic (exact) mass is 482 g/mol. The Morgan fingerprint density at radius 1 is 1.35 bits per heavy atom. The van der Waals surface area contributed by atoms with Crippen LogP contribution < -0.4 is 5.32 Å². The number of benzene rings is 1. The number of hydrogen-bond donors (Lipinski definition) is 3. The van der Waals surface area contributed by atoms with Crippen molar-refractivity contribution in [2.45, 2.75) is 60.0 Å². The van der Waals surface area contributed by atoms with Crippen LogP contribution in [0.2, 0.25) is 0 Å². The first kappa shape index (κ1) is 25.6. The van der Waals surface area contributed by atoms with E-state index in [1.165, 1.54) is 6.08 Å². The van der Waals surface area contributed by atoms with Crippen molar-refractivity contribution in [3.05, 3.63) is 52.4 Å². The van der Waals surface area contributed by atoms with Gasteiger partial charge in [-0.1, -0.05) is 32.0 Å². The van der Waals surface area contributed by atoms with E-state index >= 15 is 0 Å². The van der Waals surface area contributed by atoms with Gasteiger partial charge in [-0.25, -0.2) is 4.98 Å². The maximum atomic E-state index is 13.3. The molecule has 1 aliphatic rings. The fourth-order valence-corrected chi connectivity index (χ4v) is 5.26. The molecule has 1 aromatic heterocycles. The summed E-state index contributed by atoms with van der Waals surface area (Å²) in [4.78, 5) is 33.4. The fraction of sp³-hybridized carbons (Fsp3) is 0.462. The van der Waals surface area contributed by atoms with E-state index in [1.807, 2.05) is 45.3 Å². The highest BCUT2D eigenvalue weighted by Gasteiger charge is 2.39. The molecule has 182 valence electrons. The van der Waals surface area contributed by atoms with Crippen molar-refractivity contribution in [3.63, 3.8) is 0 Å². The third kappa shape index (κ3) is 5.73. The molecule has 1 saturated heterocycles. The predicted octanol–water partition coefficient (Wildman–Crippen LogP) is 4.79. The molecule has 0 bridgehead atoms. The molecule has 2 aromatic rings. The number of hydrogen-bond acceptors (Lipinski definition) is 6. The van der Waals surface area contributed by atoms with Crippen molar-refractivity contribution in [1.29, 1.82) is 5.41 Å². The van der Waals surface area contributed by atoms with E-state index < -0.39 is 12.0 Å². The molecular formula is C26H34N4O3S. The summed E-state index contributed by atoms with van der Waals surface area (Å²) in [6.45, 7) is 10.2. The molecule has 0 spiro atoms. The van der Waals surface area contributed by atoms with Gasteiger partial charge < -0.3 is 20.7 Å². The second-order valence-electron chi connectivity index (χ2n) is 9.29. The number of carbonyl (C=O) groups is 2. The second-order valence-corrected chi connectivity index (χ2v) is 10.1. The molecule has 2 amide bonds. The van der Waals surface area contributed by atoms with Crippen LogP contribution in [-0.2, 0) is 16.1 Å². The summed E-state index contributed by atoms with van der Waals surface area (Å²) < 4.78 is 0. The lowest BCUT2D eigenvalue weighted by Crippen LogP contribution is -2.48. The number of carbonyl (C=O) groups excluding carboxylic acids is 2. The SMILES string of the molecule is CC(=N)/C=C(\O)C(C(=O)N1CCC[C@H]1C(=O)NCc1ccc(-c2scnc2C)cc1C)C(C)C. The molecule has 3 N–H and O–H groups in total. The second kappa shape index (κ2) is 11.0. The Morgan fingerprint density at radius 2 is 2.09 bits per heavy atom. The van der Waals surface area contributed by atoms with Gasteiger partial charge in [-0.3, -0.25) is 9.59 Å². The third-order valence-electron chi connectivity index (χ3n) is 6.26. The van der Waals surface area contributed by atoms with Crippen LogP contribution >= 0.6 is 11.3 Å². The molecule has 7 nitrogen and oxygen atoms in total. The number of amides is 2. The van der Waals surface area contributed by atoms with E-state index in [9.17, 15) is 14.7 Å². The van der Waals surface area contributed by atoms with Crippen molar-refractivity contribution in [2.75, 3.05) is 6.54 Å². The molecule has 2 heterocycles. The molecule has 0 saturated carbocycles. The van der Waals surface area contributed by atoms with Crippen LogP contribution in [0.1, 0.15) is 50.4 Å². The largest absolute Gasteiger partial charge is 0.511 e. The fourth-order valence-electron chi connectivity index (χ4n) is 4.46. The number of rotatable bonds is 8. The summed E-state index contributed by atoms with van der Waals surface area (Å²) in [7, 11) is 0. The maximum absolute atomic E-state index is 13.3. The van der Waals surface area contributed by atoms with Crippen molar-refractivity contribution in [2.24, 2.45) is 11.8 Å². The normalized spacial score (nSPS) is 17.2. The number of nitrogens with zero attached hydrogens (tertiary/aromatic N) is 2. The Kier molecular flexibility index (Phi) is 8.25. The minimum absolute atomic E-state index is 0.120. The van der Waals surface area contributed by atoms with Gasteiger partial charge in [-0.15, -0.1) is 11.3 Å². The van der Waals surface area contributed by atoms with E-state index in [0.29, 0.717) is 19.5 Å². The summed E-state index contributed by atoms with van der Waals surface area (Å²) in [5, 5.41) is 21.1. The molecule has 1 fully saturated rings. The lowest BCUT2D eigenvalue weighted by molar-refractivity contribution is -0.142. The van der Waals surface area contributed by atoms with Crippen LogP contribution in [0.15, 0.2) is 35.5 Å². The van der Waals surface area contributed by atoms with Crippen LogP contribution in [0.3, 0.4) is 0 Å². The summed E-state index contributed by atoms with van der Waals surface area (Å²) in [5.41, 5.74) is 6.26. The molecule has 0 aliphatic carbocycles. The third-order valence-corrected chi connectivity index (χ3v) is 7.24. The number of aliphatic hydroxyl groups excluding tert-OH is 1. The minimum atomic E-state index is -0.765. The number of nitrogens with one attached hydrogen (secondary N) is 2.